The van der Waals surface area contributed by atoms with E-state index in [1.165, 1.54) is 56.9 Å². The minimum Gasteiger partial charge on any atom is -0.392 e. The van der Waals surface area contributed by atoms with E-state index in [1.54, 1.807) is 0 Å². The van der Waals surface area contributed by atoms with Crippen molar-refractivity contribution in [3.63, 3.8) is 0 Å². The van der Waals surface area contributed by atoms with E-state index >= 15 is 0 Å². The van der Waals surface area contributed by atoms with Crippen LogP contribution in [0.15, 0.2) is 11.6 Å². The fourth-order valence-electron chi connectivity index (χ4n) is 3.49. The maximum Gasteiger partial charge on any atom is 0.0614 e. The van der Waals surface area contributed by atoms with E-state index in [-0.39, 0.29) is 12.1 Å². The van der Waals surface area contributed by atoms with Crippen molar-refractivity contribution in [3.8, 4) is 0 Å². The van der Waals surface area contributed by atoms with E-state index in [9.17, 15) is 0 Å². The zero-order valence-electron chi connectivity index (χ0n) is 19.0. The van der Waals surface area contributed by atoms with Crippen molar-refractivity contribution < 1.29 is 5.11 Å². The molecule has 0 aliphatic heterocycles. The molecular formula is C24H49NO. The van der Waals surface area contributed by atoms with Gasteiger partial charge in [0, 0.05) is 5.54 Å². The summed E-state index contributed by atoms with van der Waals surface area (Å²) in [4.78, 5) is 0. The van der Waals surface area contributed by atoms with Gasteiger partial charge in [0.15, 0.2) is 0 Å². The largest absolute Gasteiger partial charge is 0.392 e. The fraction of sp³-hybridized carbons (Fsp3) is 0.917. The Balaban J connectivity index is 3.64. The Morgan fingerprint density at radius 1 is 0.846 bits per heavy atom. The number of aliphatic hydroxyl groups is 1. The van der Waals surface area contributed by atoms with Crippen LogP contribution in [0.2, 0.25) is 0 Å². The van der Waals surface area contributed by atoms with Gasteiger partial charge in [-0.3, -0.25) is 0 Å². The average molecular weight is 368 g/mol. The first kappa shape index (κ1) is 25.7. The monoisotopic (exact) mass is 367 g/mol. The molecule has 3 atom stereocenters. The maximum atomic E-state index is 8.88. The summed E-state index contributed by atoms with van der Waals surface area (Å²) in [6, 6.07) is 0. The molecule has 0 fully saturated rings. The Hall–Kier alpha value is -0.340. The predicted molar refractivity (Wildman–Crippen MR) is 118 cm³/mol. The van der Waals surface area contributed by atoms with Crippen LogP contribution in [0, 0.1) is 17.8 Å². The topological polar surface area (TPSA) is 32.3 Å². The standard InChI is InChI=1S/C24H49NO/c1-20(13-9-15-22(3)17-18-26)11-8-12-21(2)14-10-16-23(4)19-25-24(5,6)7/h17,20-21,23,25-26H,8-16,18-19H2,1-7H3/b22-17+. The highest BCUT2D eigenvalue weighted by Crippen LogP contribution is 2.22. The third-order valence-electron chi connectivity index (χ3n) is 5.48. The Morgan fingerprint density at radius 2 is 1.31 bits per heavy atom. The van der Waals surface area contributed by atoms with Crippen LogP contribution >= 0.6 is 0 Å². The van der Waals surface area contributed by atoms with Crippen LogP contribution in [0.4, 0.5) is 0 Å². The van der Waals surface area contributed by atoms with E-state index in [0.717, 1.165) is 30.7 Å². The predicted octanol–water partition coefficient (Wildman–Crippen LogP) is 6.73. The molecule has 0 radical (unpaired) electrons. The first-order valence-corrected chi connectivity index (χ1v) is 11.2. The highest BCUT2D eigenvalue weighted by Gasteiger charge is 2.11. The molecule has 2 heteroatoms. The van der Waals surface area contributed by atoms with Crippen LogP contribution < -0.4 is 5.32 Å². The fourth-order valence-corrected chi connectivity index (χ4v) is 3.49. The summed E-state index contributed by atoms with van der Waals surface area (Å²) in [7, 11) is 0. The van der Waals surface area contributed by atoms with Gasteiger partial charge in [-0.2, -0.15) is 0 Å². The van der Waals surface area contributed by atoms with Gasteiger partial charge in [0.1, 0.15) is 0 Å². The molecule has 0 heterocycles. The van der Waals surface area contributed by atoms with Crippen LogP contribution in [0.1, 0.15) is 106 Å². The van der Waals surface area contributed by atoms with Gasteiger partial charge < -0.3 is 10.4 Å². The molecule has 0 spiro atoms. The van der Waals surface area contributed by atoms with Gasteiger partial charge in [0.25, 0.3) is 0 Å². The number of allylic oxidation sites excluding steroid dienone is 1. The summed E-state index contributed by atoms with van der Waals surface area (Å²) < 4.78 is 0. The van der Waals surface area contributed by atoms with E-state index in [1.807, 2.05) is 6.08 Å². The molecule has 2 N–H and O–H groups in total. The van der Waals surface area contributed by atoms with Gasteiger partial charge in [0.2, 0.25) is 0 Å². The first-order chi connectivity index (χ1) is 12.1. The summed E-state index contributed by atoms with van der Waals surface area (Å²) in [5, 5.41) is 12.5. The summed E-state index contributed by atoms with van der Waals surface area (Å²) in [5.41, 5.74) is 1.58. The molecule has 0 saturated carbocycles. The number of nitrogens with one attached hydrogen (secondary N) is 1. The molecule has 0 bridgehead atoms. The quantitative estimate of drug-likeness (QED) is 0.314. The molecule has 156 valence electrons. The van der Waals surface area contributed by atoms with E-state index < -0.39 is 0 Å². The molecular weight excluding hydrogens is 318 g/mol. The van der Waals surface area contributed by atoms with E-state index in [2.05, 4.69) is 53.8 Å². The molecule has 0 aromatic heterocycles. The summed E-state index contributed by atoms with van der Waals surface area (Å²) in [5.74, 6) is 2.50. The molecule has 0 aliphatic rings. The van der Waals surface area contributed by atoms with Crippen molar-refractivity contribution in [3.05, 3.63) is 11.6 Å². The Morgan fingerprint density at radius 3 is 1.77 bits per heavy atom. The SMILES string of the molecule is C/C(=C\CO)CCCC(C)CCCC(C)CCCC(C)CNC(C)(C)C. The molecule has 3 unspecified atom stereocenters. The van der Waals surface area contributed by atoms with Crippen molar-refractivity contribution in [1.29, 1.82) is 0 Å². The molecule has 0 aromatic carbocycles. The van der Waals surface area contributed by atoms with E-state index in [4.69, 9.17) is 5.11 Å². The summed E-state index contributed by atoms with van der Waals surface area (Å²) in [6.07, 6.45) is 13.9. The van der Waals surface area contributed by atoms with Gasteiger partial charge in [0.05, 0.1) is 6.61 Å². The highest BCUT2D eigenvalue weighted by atomic mass is 16.2. The third-order valence-corrected chi connectivity index (χ3v) is 5.48. The molecule has 0 saturated heterocycles. The molecule has 0 aromatic rings. The van der Waals surface area contributed by atoms with Crippen LogP contribution in [0.25, 0.3) is 0 Å². The number of rotatable bonds is 15. The lowest BCUT2D eigenvalue weighted by molar-refractivity contribution is 0.341. The van der Waals surface area contributed by atoms with Gasteiger partial charge >= 0.3 is 0 Å². The lowest BCUT2D eigenvalue weighted by Crippen LogP contribution is -2.38. The Kier molecular flexibility index (Phi) is 14.5. The smallest absolute Gasteiger partial charge is 0.0614 e. The number of hydrogen-bond donors (Lipinski definition) is 2. The minimum absolute atomic E-state index is 0.186. The molecule has 0 amide bonds. The van der Waals surface area contributed by atoms with Crippen LogP contribution in [0.5, 0.6) is 0 Å². The van der Waals surface area contributed by atoms with Crippen molar-refractivity contribution in [1.82, 2.24) is 5.32 Å². The maximum absolute atomic E-state index is 8.88. The highest BCUT2D eigenvalue weighted by molar-refractivity contribution is 4.97. The molecule has 0 aliphatic carbocycles. The lowest BCUT2D eigenvalue weighted by Gasteiger charge is -2.23. The first-order valence-electron chi connectivity index (χ1n) is 11.2. The van der Waals surface area contributed by atoms with Gasteiger partial charge in [-0.25, -0.2) is 0 Å². The lowest BCUT2D eigenvalue weighted by atomic mass is 9.91. The van der Waals surface area contributed by atoms with E-state index in [0.29, 0.717) is 0 Å². The van der Waals surface area contributed by atoms with Crippen LogP contribution in [-0.2, 0) is 0 Å². The van der Waals surface area contributed by atoms with Crippen molar-refractivity contribution in [2.75, 3.05) is 13.2 Å². The molecule has 26 heavy (non-hydrogen) atoms. The third kappa shape index (κ3) is 17.1. The second-order valence-corrected chi connectivity index (χ2v) is 9.93. The average Bonchev–Trinajstić information content (AvgIpc) is 2.52. The molecule has 0 rings (SSSR count). The van der Waals surface area contributed by atoms with Gasteiger partial charge in [-0.05, 0) is 71.3 Å². The zero-order valence-corrected chi connectivity index (χ0v) is 19.0. The van der Waals surface area contributed by atoms with Crippen molar-refractivity contribution in [2.24, 2.45) is 17.8 Å². The second kappa shape index (κ2) is 14.7. The van der Waals surface area contributed by atoms with Crippen LogP contribution in [-0.4, -0.2) is 23.8 Å². The summed E-state index contributed by atoms with van der Waals surface area (Å²) in [6.45, 7) is 17.4. The van der Waals surface area contributed by atoms with Crippen molar-refractivity contribution >= 4 is 0 Å². The van der Waals surface area contributed by atoms with Crippen LogP contribution in [0.3, 0.4) is 0 Å². The summed E-state index contributed by atoms with van der Waals surface area (Å²) >= 11 is 0. The zero-order chi connectivity index (χ0) is 20.0. The van der Waals surface area contributed by atoms with Gasteiger partial charge in [-0.15, -0.1) is 0 Å². The number of hydrogen-bond acceptors (Lipinski definition) is 2. The van der Waals surface area contributed by atoms with Crippen molar-refractivity contribution in [2.45, 2.75) is 112 Å². The number of aliphatic hydroxyl groups excluding tert-OH is 1. The second-order valence-electron chi connectivity index (χ2n) is 9.93. The Bertz CT molecular complexity index is 356. The minimum atomic E-state index is 0.186. The molecule has 2 nitrogen and oxygen atoms in total. The normalized spacial score (nSPS) is 16.5. The Labute approximate surface area is 165 Å². The van der Waals surface area contributed by atoms with Gasteiger partial charge in [-0.1, -0.05) is 70.9 Å².